The molecule has 1 rings (SSSR count). The van der Waals surface area contributed by atoms with Crippen LogP contribution >= 0.6 is 0 Å². The molecule has 21 heavy (non-hydrogen) atoms. The third kappa shape index (κ3) is 7.43. The van der Waals surface area contributed by atoms with Crippen molar-refractivity contribution in [1.29, 1.82) is 0 Å². The van der Waals surface area contributed by atoms with Crippen molar-refractivity contribution in [2.24, 2.45) is 0 Å². The smallest absolute Gasteiger partial charge is 0.483 e. The van der Waals surface area contributed by atoms with Gasteiger partial charge >= 0.3 is 9.28 Å². The van der Waals surface area contributed by atoms with Gasteiger partial charge in [-0.25, -0.2) is 0 Å². The molecule has 0 saturated heterocycles. The van der Waals surface area contributed by atoms with Crippen LogP contribution < -0.4 is 0 Å². The van der Waals surface area contributed by atoms with E-state index in [2.05, 4.69) is 6.58 Å². The first kappa shape index (κ1) is 17.1. The third-order valence-electron chi connectivity index (χ3n) is 2.42. The van der Waals surface area contributed by atoms with Gasteiger partial charge in [0, 0.05) is 19.9 Å². The lowest BCUT2D eigenvalue weighted by Crippen LogP contribution is -2.28. The monoisotopic (exact) mass is 307 g/mol. The van der Waals surface area contributed by atoms with Crippen molar-refractivity contribution in [3.63, 3.8) is 0 Å². The maximum Gasteiger partial charge on any atom is 0.538 e. The van der Waals surface area contributed by atoms with E-state index in [0.717, 1.165) is 11.1 Å². The number of benzene rings is 1. The highest BCUT2D eigenvalue weighted by molar-refractivity contribution is 6.48. The summed E-state index contributed by atoms with van der Waals surface area (Å²) in [6.07, 6.45) is 1.77. The van der Waals surface area contributed by atoms with Crippen LogP contribution in [0.25, 0.3) is 6.08 Å². The second-order valence-corrected chi connectivity index (χ2v) is 5.96. The first-order chi connectivity index (χ1) is 10.0. The van der Waals surface area contributed by atoms with Crippen molar-refractivity contribution in [3.05, 3.63) is 42.0 Å². The van der Waals surface area contributed by atoms with E-state index in [4.69, 9.17) is 13.6 Å². The van der Waals surface area contributed by atoms with Crippen LogP contribution in [0.3, 0.4) is 0 Å². The topological polar surface area (TPSA) is 61.8 Å². The molecule has 0 unspecified atom stereocenters. The molecule has 1 radical (unpaired) electrons. The van der Waals surface area contributed by atoms with Gasteiger partial charge in [0.05, 0.1) is 13.2 Å². The Kier molecular flexibility index (Phi) is 7.42. The normalized spacial score (nSPS) is 10.2. The molecule has 6 heteroatoms. The van der Waals surface area contributed by atoms with Crippen molar-refractivity contribution in [1.82, 2.24) is 0 Å². The fraction of sp³-hybridized carbons (Fsp3) is 0.333. The maximum absolute atomic E-state index is 10.9. The van der Waals surface area contributed by atoms with E-state index in [9.17, 15) is 9.59 Å². The lowest BCUT2D eigenvalue weighted by molar-refractivity contribution is -0.137. The molecule has 0 amide bonds. The summed E-state index contributed by atoms with van der Waals surface area (Å²) in [6.45, 7) is 7.08. The van der Waals surface area contributed by atoms with E-state index in [1.54, 1.807) is 6.08 Å². The summed E-state index contributed by atoms with van der Waals surface area (Å²) in [5, 5.41) is 0. The standard InChI is InChI=1S/C15H19O5Si/c1-4-14-6-5-7-15(10-14)11-18-8-9-21(19-12(2)16)20-13(3)17/h4-7,10H,1,8-9,11H2,2-3H3. The zero-order valence-electron chi connectivity index (χ0n) is 12.3. The Labute approximate surface area is 126 Å². The van der Waals surface area contributed by atoms with Crippen LogP contribution in [0.4, 0.5) is 0 Å². The summed E-state index contributed by atoms with van der Waals surface area (Å²) in [6, 6.07) is 8.22. The Hall–Kier alpha value is -1.92. The van der Waals surface area contributed by atoms with Gasteiger partial charge in [0.1, 0.15) is 0 Å². The molecule has 0 aliphatic heterocycles. The average Bonchev–Trinajstić information content (AvgIpc) is 2.42. The molecule has 0 aliphatic rings. The fourth-order valence-corrected chi connectivity index (χ4v) is 2.80. The van der Waals surface area contributed by atoms with Gasteiger partial charge in [-0.2, -0.15) is 0 Å². The van der Waals surface area contributed by atoms with Crippen LogP contribution in [0.2, 0.25) is 6.04 Å². The molecule has 0 N–H and O–H groups in total. The van der Waals surface area contributed by atoms with Crippen molar-refractivity contribution < 1.29 is 23.2 Å². The second-order valence-electron chi connectivity index (χ2n) is 4.31. The van der Waals surface area contributed by atoms with Gasteiger partial charge in [0.15, 0.2) is 0 Å². The number of hydrogen-bond acceptors (Lipinski definition) is 5. The van der Waals surface area contributed by atoms with E-state index >= 15 is 0 Å². The van der Waals surface area contributed by atoms with E-state index in [1.165, 1.54) is 13.8 Å². The molecular weight excluding hydrogens is 288 g/mol. The molecule has 0 spiro atoms. The highest BCUT2D eigenvalue weighted by Gasteiger charge is 2.23. The van der Waals surface area contributed by atoms with Crippen LogP contribution in [-0.2, 0) is 29.8 Å². The summed E-state index contributed by atoms with van der Waals surface area (Å²) < 4.78 is 15.5. The molecule has 113 valence electrons. The molecule has 0 fully saturated rings. The minimum Gasteiger partial charge on any atom is -0.483 e. The zero-order valence-corrected chi connectivity index (χ0v) is 13.3. The Morgan fingerprint density at radius 1 is 1.24 bits per heavy atom. The first-order valence-corrected chi connectivity index (χ1v) is 8.05. The van der Waals surface area contributed by atoms with Gasteiger partial charge in [0.2, 0.25) is 0 Å². The van der Waals surface area contributed by atoms with E-state index in [1.807, 2.05) is 24.3 Å². The maximum atomic E-state index is 10.9. The molecule has 1 aromatic carbocycles. The number of ether oxygens (including phenoxy) is 1. The van der Waals surface area contributed by atoms with E-state index in [0.29, 0.717) is 19.3 Å². The SMILES string of the molecule is C=Cc1cccc(COCC[Si](OC(C)=O)OC(C)=O)c1. The highest BCUT2D eigenvalue weighted by Crippen LogP contribution is 2.08. The third-order valence-corrected chi connectivity index (χ3v) is 4.06. The molecule has 0 atom stereocenters. The van der Waals surface area contributed by atoms with Gasteiger partial charge in [-0.1, -0.05) is 30.9 Å². The minimum atomic E-state index is -1.95. The van der Waals surface area contributed by atoms with E-state index in [-0.39, 0.29) is 0 Å². The minimum absolute atomic E-state index is 0.354. The van der Waals surface area contributed by atoms with Crippen LogP contribution in [0.1, 0.15) is 25.0 Å². The predicted molar refractivity (Wildman–Crippen MR) is 80.3 cm³/mol. The summed E-state index contributed by atoms with van der Waals surface area (Å²) >= 11 is 0. The molecule has 1 aromatic rings. The van der Waals surface area contributed by atoms with Crippen molar-refractivity contribution in [2.75, 3.05) is 6.61 Å². The van der Waals surface area contributed by atoms with Crippen molar-refractivity contribution in [2.45, 2.75) is 26.5 Å². The van der Waals surface area contributed by atoms with Crippen molar-refractivity contribution in [3.8, 4) is 0 Å². The summed E-state index contributed by atoms with van der Waals surface area (Å²) in [5.74, 6) is -0.910. The molecule has 5 nitrogen and oxygen atoms in total. The fourth-order valence-electron chi connectivity index (χ4n) is 1.60. The number of carbonyl (C=O) groups is 2. The van der Waals surface area contributed by atoms with Gasteiger partial charge in [0.25, 0.3) is 11.9 Å². The van der Waals surface area contributed by atoms with Crippen LogP contribution in [0.15, 0.2) is 30.8 Å². The molecule has 0 bridgehead atoms. The Bertz CT molecular complexity index is 485. The van der Waals surface area contributed by atoms with Crippen LogP contribution in [-0.4, -0.2) is 27.8 Å². The van der Waals surface area contributed by atoms with Crippen molar-refractivity contribution >= 4 is 27.3 Å². The van der Waals surface area contributed by atoms with Gasteiger partial charge in [-0.3, -0.25) is 9.59 Å². The molecule has 0 saturated carbocycles. The Morgan fingerprint density at radius 2 is 1.90 bits per heavy atom. The number of carbonyl (C=O) groups excluding carboxylic acids is 2. The predicted octanol–water partition coefficient (Wildman–Crippen LogP) is 2.46. The quantitative estimate of drug-likeness (QED) is 0.545. The highest BCUT2D eigenvalue weighted by atomic mass is 28.3. The van der Waals surface area contributed by atoms with Crippen LogP contribution in [0.5, 0.6) is 0 Å². The lowest BCUT2D eigenvalue weighted by Gasteiger charge is -2.12. The van der Waals surface area contributed by atoms with Gasteiger partial charge in [-0.15, -0.1) is 0 Å². The Morgan fingerprint density at radius 3 is 2.48 bits per heavy atom. The first-order valence-electron chi connectivity index (χ1n) is 6.53. The van der Waals surface area contributed by atoms with Gasteiger partial charge < -0.3 is 13.6 Å². The zero-order chi connectivity index (χ0) is 15.7. The summed E-state index contributed by atoms with van der Waals surface area (Å²) in [4.78, 5) is 21.8. The number of hydrogen-bond donors (Lipinski definition) is 0. The van der Waals surface area contributed by atoms with Crippen LogP contribution in [0, 0.1) is 0 Å². The molecule has 0 aliphatic carbocycles. The lowest BCUT2D eigenvalue weighted by atomic mass is 10.1. The molecule has 0 aromatic heterocycles. The molecular formula is C15H19O5Si. The summed E-state index contributed by atoms with van der Waals surface area (Å²) in [5.41, 5.74) is 2.06. The summed E-state index contributed by atoms with van der Waals surface area (Å²) in [7, 11) is -1.95. The van der Waals surface area contributed by atoms with E-state index < -0.39 is 21.2 Å². The molecule has 0 heterocycles. The number of rotatable bonds is 8. The largest absolute Gasteiger partial charge is 0.538 e. The van der Waals surface area contributed by atoms with Gasteiger partial charge in [-0.05, 0) is 17.2 Å². The second kappa shape index (κ2) is 9.09. The Balaban J connectivity index is 2.37. The average molecular weight is 307 g/mol.